The van der Waals surface area contributed by atoms with E-state index in [0.29, 0.717) is 43.1 Å². The minimum atomic E-state index is -0.580. The van der Waals surface area contributed by atoms with Crippen LogP contribution >= 0.6 is 11.3 Å². The van der Waals surface area contributed by atoms with E-state index in [0.717, 1.165) is 10.6 Å². The van der Waals surface area contributed by atoms with Gasteiger partial charge in [0, 0.05) is 68.1 Å². The average Bonchev–Trinajstić information content (AvgIpc) is 3.22. The molecule has 0 spiro atoms. The van der Waals surface area contributed by atoms with Gasteiger partial charge in [0.2, 0.25) is 0 Å². The van der Waals surface area contributed by atoms with Gasteiger partial charge < -0.3 is 23.7 Å². The second-order valence-electron chi connectivity index (χ2n) is 7.97. The summed E-state index contributed by atoms with van der Waals surface area (Å²) in [5.74, 6) is -0.500. The molecule has 0 unspecified atom stereocenters. The first-order chi connectivity index (χ1) is 17.0. The van der Waals surface area contributed by atoms with Crippen molar-refractivity contribution in [2.45, 2.75) is 26.0 Å². The van der Waals surface area contributed by atoms with Crippen molar-refractivity contribution in [1.82, 2.24) is 14.5 Å². The van der Waals surface area contributed by atoms with Gasteiger partial charge in [-0.1, -0.05) is 6.07 Å². The lowest BCUT2D eigenvalue weighted by Gasteiger charge is -2.18. The lowest BCUT2D eigenvalue weighted by molar-refractivity contribution is 0.0593. The molecule has 4 heterocycles. The van der Waals surface area contributed by atoms with Crippen molar-refractivity contribution in [2.75, 3.05) is 33.9 Å². The van der Waals surface area contributed by atoms with E-state index in [1.807, 2.05) is 24.3 Å². The zero-order valence-corrected chi connectivity index (χ0v) is 20.5. The van der Waals surface area contributed by atoms with Crippen LogP contribution in [0, 0.1) is 0 Å². The number of esters is 1. The lowest BCUT2D eigenvalue weighted by atomic mass is 10.1. The monoisotopic (exact) mass is 497 g/mol. The van der Waals surface area contributed by atoms with E-state index in [1.54, 1.807) is 24.3 Å². The fourth-order valence-electron chi connectivity index (χ4n) is 4.07. The third-order valence-corrected chi connectivity index (χ3v) is 6.82. The normalized spacial score (nSPS) is 13.1. The van der Waals surface area contributed by atoms with Crippen LogP contribution in [0.25, 0.3) is 0 Å². The van der Waals surface area contributed by atoms with E-state index in [9.17, 15) is 14.4 Å². The predicted molar refractivity (Wildman–Crippen MR) is 130 cm³/mol. The number of fused-ring (bicyclic) bond motifs is 1. The maximum absolute atomic E-state index is 13.1. The molecule has 1 aliphatic rings. The first kappa shape index (κ1) is 24.6. The number of aromatic nitrogens is 2. The molecule has 4 rings (SSSR count). The zero-order chi connectivity index (χ0) is 24.8. The highest BCUT2D eigenvalue weighted by molar-refractivity contribution is 7.14. The molecule has 0 atom stereocenters. The van der Waals surface area contributed by atoms with Crippen LogP contribution < -0.4 is 10.3 Å². The molecule has 3 aromatic heterocycles. The third-order valence-electron chi connectivity index (χ3n) is 5.77. The molecular formula is C25H27N3O6S. The molecule has 0 saturated carbocycles. The molecule has 184 valence electrons. The maximum atomic E-state index is 13.1. The van der Waals surface area contributed by atoms with Crippen molar-refractivity contribution in [2.24, 2.45) is 0 Å². The van der Waals surface area contributed by atoms with Gasteiger partial charge in [-0.3, -0.25) is 14.6 Å². The molecule has 0 radical (unpaired) electrons. The summed E-state index contributed by atoms with van der Waals surface area (Å²) in [6.45, 7) is 1.68. The van der Waals surface area contributed by atoms with Crippen molar-refractivity contribution in [3.05, 3.63) is 79.7 Å². The van der Waals surface area contributed by atoms with Crippen LogP contribution in [-0.2, 0) is 35.5 Å². The van der Waals surface area contributed by atoms with Crippen LogP contribution in [0.15, 0.2) is 47.4 Å². The summed E-state index contributed by atoms with van der Waals surface area (Å²) in [5, 5.41) is 0. The van der Waals surface area contributed by atoms with Crippen molar-refractivity contribution in [3.8, 4) is 5.75 Å². The highest BCUT2D eigenvalue weighted by Crippen LogP contribution is 2.25. The Morgan fingerprint density at radius 2 is 1.97 bits per heavy atom. The standard InChI is InChI=1S/C25H27N3O6S/c1-32-16-18-6-7-21(35-18)24(30)27-11-8-19-23(25(31)33-2)20(15-22(29)28(19)13-12-27)34-14-9-17-5-3-4-10-26-17/h3-7,10,15H,8-9,11-14,16H2,1-2H3. The average molecular weight is 498 g/mol. The molecule has 0 aliphatic carbocycles. The highest BCUT2D eigenvalue weighted by atomic mass is 32.1. The second kappa shape index (κ2) is 11.3. The molecule has 0 bridgehead atoms. The lowest BCUT2D eigenvalue weighted by Crippen LogP contribution is -2.33. The first-order valence-corrected chi connectivity index (χ1v) is 12.1. The fourth-order valence-corrected chi connectivity index (χ4v) is 5.02. The van der Waals surface area contributed by atoms with Gasteiger partial charge in [-0.25, -0.2) is 4.79 Å². The van der Waals surface area contributed by atoms with Gasteiger partial charge in [0.1, 0.15) is 11.3 Å². The van der Waals surface area contributed by atoms with Crippen molar-refractivity contribution in [1.29, 1.82) is 0 Å². The summed E-state index contributed by atoms with van der Waals surface area (Å²) in [6, 6.07) is 10.6. The van der Waals surface area contributed by atoms with Gasteiger partial charge >= 0.3 is 5.97 Å². The Labute approximate surface area is 206 Å². The fraction of sp³-hybridized carbons (Fsp3) is 0.360. The van der Waals surface area contributed by atoms with Gasteiger partial charge in [-0.2, -0.15) is 0 Å². The molecule has 0 aromatic carbocycles. The predicted octanol–water partition coefficient (Wildman–Crippen LogP) is 2.56. The summed E-state index contributed by atoms with van der Waals surface area (Å²) < 4.78 is 17.6. The molecule has 0 N–H and O–H groups in total. The minimum Gasteiger partial charge on any atom is -0.492 e. The van der Waals surface area contributed by atoms with Crippen LogP contribution in [0.2, 0.25) is 0 Å². The van der Waals surface area contributed by atoms with Crippen LogP contribution in [0.3, 0.4) is 0 Å². The number of rotatable bonds is 8. The smallest absolute Gasteiger partial charge is 0.343 e. The SMILES string of the molecule is COCc1ccc(C(=O)N2CCc3c(C(=O)OC)c(OCCc4ccccn4)cc(=O)n3CC2)s1. The van der Waals surface area contributed by atoms with E-state index in [2.05, 4.69) is 4.98 Å². The summed E-state index contributed by atoms with van der Waals surface area (Å²) in [7, 11) is 2.91. The van der Waals surface area contributed by atoms with E-state index >= 15 is 0 Å². The number of thiophene rings is 1. The Morgan fingerprint density at radius 1 is 1.11 bits per heavy atom. The van der Waals surface area contributed by atoms with E-state index in [-0.39, 0.29) is 35.9 Å². The van der Waals surface area contributed by atoms with Crippen LogP contribution in [0.5, 0.6) is 5.75 Å². The number of hydrogen-bond acceptors (Lipinski definition) is 8. The molecule has 9 nitrogen and oxygen atoms in total. The largest absolute Gasteiger partial charge is 0.492 e. The zero-order valence-electron chi connectivity index (χ0n) is 19.7. The topological polar surface area (TPSA) is 100.0 Å². The molecule has 1 amide bonds. The summed E-state index contributed by atoms with van der Waals surface area (Å²) in [5.41, 5.74) is 1.29. The number of pyridine rings is 2. The molecular weight excluding hydrogens is 470 g/mol. The number of nitrogens with zero attached hydrogens (tertiary/aromatic N) is 3. The molecule has 3 aromatic rings. The Bertz CT molecular complexity index is 1250. The number of carbonyl (C=O) groups excluding carboxylic acids is 2. The maximum Gasteiger partial charge on any atom is 0.343 e. The number of ether oxygens (including phenoxy) is 3. The van der Waals surface area contributed by atoms with E-state index in [4.69, 9.17) is 14.2 Å². The van der Waals surface area contributed by atoms with Gasteiger partial charge in [0.15, 0.2) is 0 Å². The molecule has 10 heteroatoms. The quantitative estimate of drug-likeness (QED) is 0.441. The van der Waals surface area contributed by atoms with Crippen LogP contribution in [-0.4, -0.2) is 60.2 Å². The van der Waals surface area contributed by atoms with Crippen molar-refractivity contribution >= 4 is 23.2 Å². The van der Waals surface area contributed by atoms with Gasteiger partial charge in [-0.05, 0) is 24.3 Å². The van der Waals surface area contributed by atoms with Gasteiger partial charge in [0.05, 0.1) is 25.2 Å². The third kappa shape index (κ3) is 5.60. The van der Waals surface area contributed by atoms with Crippen LogP contribution in [0.1, 0.15) is 36.3 Å². The Balaban J connectivity index is 1.56. The summed E-state index contributed by atoms with van der Waals surface area (Å²) in [4.78, 5) is 46.4. The Morgan fingerprint density at radius 3 is 2.71 bits per heavy atom. The number of methoxy groups -OCH3 is 2. The van der Waals surface area contributed by atoms with Crippen LogP contribution in [0.4, 0.5) is 0 Å². The molecule has 1 aliphatic heterocycles. The molecule has 0 saturated heterocycles. The number of amides is 1. The van der Waals surface area contributed by atoms with E-state index < -0.39 is 5.97 Å². The minimum absolute atomic E-state index is 0.107. The second-order valence-corrected chi connectivity index (χ2v) is 9.14. The van der Waals surface area contributed by atoms with Gasteiger partial charge in [-0.15, -0.1) is 11.3 Å². The van der Waals surface area contributed by atoms with Crippen molar-refractivity contribution in [3.63, 3.8) is 0 Å². The van der Waals surface area contributed by atoms with Gasteiger partial charge in [0.25, 0.3) is 11.5 Å². The number of carbonyl (C=O) groups is 2. The van der Waals surface area contributed by atoms with Crippen molar-refractivity contribution < 1.29 is 23.8 Å². The Hall–Kier alpha value is -3.50. The summed E-state index contributed by atoms with van der Waals surface area (Å²) in [6.07, 6.45) is 2.54. The highest BCUT2D eigenvalue weighted by Gasteiger charge is 2.28. The first-order valence-electron chi connectivity index (χ1n) is 11.3. The number of hydrogen-bond donors (Lipinski definition) is 0. The Kier molecular flexibility index (Phi) is 7.94. The summed E-state index contributed by atoms with van der Waals surface area (Å²) >= 11 is 1.39. The molecule has 0 fully saturated rings. The van der Waals surface area contributed by atoms with E-state index in [1.165, 1.54) is 29.1 Å². The molecule has 35 heavy (non-hydrogen) atoms.